The van der Waals surface area contributed by atoms with Gasteiger partial charge in [-0.3, -0.25) is 14.4 Å². The van der Waals surface area contributed by atoms with E-state index in [1.807, 2.05) is 18.2 Å². The number of methoxy groups -OCH3 is 1. The standard InChI is InChI=1S/C21H20N2O6S/c1-27-15-7-8-16-17(11-15)29-13-22(19(16)25)9-10-28-20(14-5-3-2-4-6-14)23-18(24)12-30-21(23)26/h2-8,11,20H,9-10,12-13H2,1H3. The second kappa shape index (κ2) is 8.76. The Morgan fingerprint density at radius 3 is 2.63 bits per heavy atom. The minimum atomic E-state index is -0.835. The first-order chi connectivity index (χ1) is 14.6. The number of nitrogens with zero attached hydrogens (tertiary/aromatic N) is 2. The molecule has 156 valence electrons. The first-order valence-electron chi connectivity index (χ1n) is 9.34. The third kappa shape index (κ3) is 3.99. The maximum absolute atomic E-state index is 12.7. The SMILES string of the molecule is COc1ccc2c(c1)OCN(CCOC(c1ccccc1)N1C(=O)CSC1=O)C2=O. The van der Waals surface area contributed by atoms with Crippen LogP contribution in [0.1, 0.15) is 22.1 Å². The van der Waals surface area contributed by atoms with Gasteiger partial charge in [0.05, 0.1) is 25.0 Å². The molecule has 0 aliphatic carbocycles. The molecule has 0 N–H and O–H groups in total. The molecule has 0 radical (unpaired) electrons. The van der Waals surface area contributed by atoms with Crippen molar-refractivity contribution in [2.45, 2.75) is 6.23 Å². The van der Waals surface area contributed by atoms with E-state index in [0.717, 1.165) is 16.7 Å². The Kier molecular flexibility index (Phi) is 5.91. The van der Waals surface area contributed by atoms with Crippen LogP contribution in [0.15, 0.2) is 48.5 Å². The van der Waals surface area contributed by atoms with Crippen LogP contribution in [-0.2, 0) is 9.53 Å². The largest absolute Gasteiger partial charge is 0.497 e. The Hall–Kier alpha value is -3.04. The minimum Gasteiger partial charge on any atom is -0.497 e. The van der Waals surface area contributed by atoms with E-state index in [2.05, 4.69) is 0 Å². The van der Waals surface area contributed by atoms with Crippen LogP contribution in [0, 0.1) is 0 Å². The number of fused-ring (bicyclic) bond motifs is 1. The molecule has 4 rings (SSSR count). The number of rotatable bonds is 7. The highest BCUT2D eigenvalue weighted by Gasteiger charge is 2.37. The average molecular weight is 428 g/mol. The van der Waals surface area contributed by atoms with Crippen molar-refractivity contribution < 1.29 is 28.6 Å². The summed E-state index contributed by atoms with van der Waals surface area (Å²) < 4.78 is 16.8. The average Bonchev–Trinajstić information content (AvgIpc) is 3.11. The smallest absolute Gasteiger partial charge is 0.291 e. The van der Waals surface area contributed by atoms with Crippen molar-refractivity contribution in [3.8, 4) is 11.5 Å². The minimum absolute atomic E-state index is 0.0792. The number of carbonyl (C=O) groups excluding carboxylic acids is 3. The van der Waals surface area contributed by atoms with Crippen LogP contribution >= 0.6 is 11.8 Å². The summed E-state index contributed by atoms with van der Waals surface area (Å²) in [6.07, 6.45) is -0.835. The van der Waals surface area contributed by atoms with E-state index in [9.17, 15) is 14.4 Å². The van der Waals surface area contributed by atoms with E-state index in [1.54, 1.807) is 37.4 Å². The number of thioether (sulfide) groups is 1. The van der Waals surface area contributed by atoms with Gasteiger partial charge in [-0.05, 0) is 12.1 Å². The zero-order valence-corrected chi connectivity index (χ0v) is 17.1. The fourth-order valence-electron chi connectivity index (χ4n) is 3.27. The van der Waals surface area contributed by atoms with E-state index in [1.165, 1.54) is 4.90 Å². The number of imide groups is 1. The highest BCUT2D eigenvalue weighted by Crippen LogP contribution is 2.32. The Morgan fingerprint density at radius 1 is 1.13 bits per heavy atom. The molecule has 1 fully saturated rings. The molecule has 0 saturated carbocycles. The van der Waals surface area contributed by atoms with Crippen molar-refractivity contribution in [3.63, 3.8) is 0 Å². The van der Waals surface area contributed by atoms with Crippen LogP contribution in [0.2, 0.25) is 0 Å². The normalized spacial score (nSPS) is 17.0. The molecule has 30 heavy (non-hydrogen) atoms. The van der Waals surface area contributed by atoms with Gasteiger partial charge in [-0.15, -0.1) is 0 Å². The second-order valence-corrected chi connectivity index (χ2v) is 7.58. The summed E-state index contributed by atoms with van der Waals surface area (Å²) >= 11 is 0.956. The van der Waals surface area contributed by atoms with Gasteiger partial charge in [0.15, 0.2) is 13.0 Å². The number of ether oxygens (including phenoxy) is 3. The molecule has 2 aromatic carbocycles. The van der Waals surface area contributed by atoms with Crippen LogP contribution in [0.3, 0.4) is 0 Å². The van der Waals surface area contributed by atoms with Gasteiger partial charge in [-0.1, -0.05) is 42.1 Å². The maximum Gasteiger partial charge on any atom is 0.291 e. The first-order valence-corrected chi connectivity index (χ1v) is 10.3. The maximum atomic E-state index is 12.7. The molecule has 3 amide bonds. The summed E-state index contributed by atoms with van der Waals surface area (Å²) in [6.45, 7) is 0.453. The molecule has 0 aromatic heterocycles. The summed E-state index contributed by atoms with van der Waals surface area (Å²) in [5, 5.41) is -0.339. The molecule has 2 aromatic rings. The first kappa shape index (κ1) is 20.2. The monoisotopic (exact) mass is 428 g/mol. The number of hydrogen-bond acceptors (Lipinski definition) is 7. The zero-order valence-electron chi connectivity index (χ0n) is 16.3. The highest BCUT2D eigenvalue weighted by molar-refractivity contribution is 8.14. The fraction of sp³-hybridized carbons (Fsp3) is 0.286. The van der Waals surface area contributed by atoms with Gasteiger partial charge in [0.1, 0.15) is 11.5 Å². The summed E-state index contributed by atoms with van der Waals surface area (Å²) in [5.41, 5.74) is 1.14. The van der Waals surface area contributed by atoms with Gasteiger partial charge in [-0.2, -0.15) is 0 Å². The summed E-state index contributed by atoms with van der Waals surface area (Å²) in [6, 6.07) is 14.1. The van der Waals surface area contributed by atoms with E-state index < -0.39 is 6.23 Å². The summed E-state index contributed by atoms with van der Waals surface area (Å²) in [5.74, 6) is 0.720. The predicted octanol–water partition coefficient (Wildman–Crippen LogP) is 2.90. The van der Waals surface area contributed by atoms with E-state index in [4.69, 9.17) is 14.2 Å². The van der Waals surface area contributed by atoms with Crippen LogP contribution in [0.25, 0.3) is 0 Å². The summed E-state index contributed by atoms with van der Waals surface area (Å²) in [4.78, 5) is 39.8. The Morgan fingerprint density at radius 2 is 1.93 bits per heavy atom. The van der Waals surface area contributed by atoms with Crippen LogP contribution in [0.4, 0.5) is 4.79 Å². The van der Waals surface area contributed by atoms with E-state index >= 15 is 0 Å². The van der Waals surface area contributed by atoms with Crippen LogP contribution < -0.4 is 9.47 Å². The topological polar surface area (TPSA) is 85.4 Å². The lowest BCUT2D eigenvalue weighted by molar-refractivity contribution is -0.136. The van der Waals surface area contributed by atoms with E-state index in [0.29, 0.717) is 22.6 Å². The third-order valence-electron chi connectivity index (χ3n) is 4.82. The highest BCUT2D eigenvalue weighted by atomic mass is 32.2. The molecule has 9 heteroatoms. The second-order valence-electron chi connectivity index (χ2n) is 6.66. The molecular formula is C21H20N2O6S. The van der Waals surface area contributed by atoms with Crippen LogP contribution in [-0.4, -0.2) is 59.6 Å². The van der Waals surface area contributed by atoms with Crippen molar-refractivity contribution in [1.82, 2.24) is 9.80 Å². The quantitative estimate of drug-likeness (QED) is 0.670. The number of amides is 3. The van der Waals surface area contributed by atoms with Crippen molar-refractivity contribution in [2.75, 3.05) is 32.7 Å². The lowest BCUT2D eigenvalue weighted by atomic mass is 10.1. The third-order valence-corrected chi connectivity index (χ3v) is 5.66. The fourth-order valence-corrected chi connectivity index (χ4v) is 3.99. The van der Waals surface area contributed by atoms with Gasteiger partial charge in [0.25, 0.3) is 11.1 Å². The molecule has 1 saturated heterocycles. The Bertz CT molecular complexity index is 951. The molecule has 1 unspecified atom stereocenters. The number of hydrogen-bond donors (Lipinski definition) is 0. The molecule has 8 nitrogen and oxygen atoms in total. The molecule has 2 aliphatic heterocycles. The van der Waals surface area contributed by atoms with E-state index in [-0.39, 0.29) is 42.7 Å². The Labute approximate surface area is 177 Å². The van der Waals surface area contributed by atoms with Gasteiger partial charge in [-0.25, -0.2) is 4.90 Å². The number of carbonyl (C=O) groups is 3. The predicted molar refractivity (Wildman–Crippen MR) is 109 cm³/mol. The van der Waals surface area contributed by atoms with Gasteiger partial charge in [0, 0.05) is 18.2 Å². The zero-order chi connectivity index (χ0) is 21.1. The van der Waals surface area contributed by atoms with Gasteiger partial charge in [0.2, 0.25) is 5.91 Å². The van der Waals surface area contributed by atoms with Crippen molar-refractivity contribution in [1.29, 1.82) is 0 Å². The molecule has 1 atom stereocenters. The summed E-state index contributed by atoms with van der Waals surface area (Å²) in [7, 11) is 1.55. The van der Waals surface area contributed by atoms with Gasteiger partial charge >= 0.3 is 0 Å². The number of benzene rings is 2. The van der Waals surface area contributed by atoms with Gasteiger partial charge < -0.3 is 19.1 Å². The van der Waals surface area contributed by atoms with Crippen molar-refractivity contribution >= 4 is 28.8 Å². The van der Waals surface area contributed by atoms with Crippen molar-refractivity contribution in [3.05, 3.63) is 59.7 Å². The molecule has 0 bridgehead atoms. The lowest BCUT2D eigenvalue weighted by Crippen LogP contribution is -2.41. The molecule has 2 heterocycles. The molecule has 2 aliphatic rings. The molecular weight excluding hydrogens is 408 g/mol. The van der Waals surface area contributed by atoms with Crippen molar-refractivity contribution in [2.24, 2.45) is 0 Å². The lowest BCUT2D eigenvalue weighted by Gasteiger charge is -2.30. The molecule has 0 spiro atoms. The Balaban J connectivity index is 1.44. The van der Waals surface area contributed by atoms with Crippen LogP contribution in [0.5, 0.6) is 11.5 Å².